The van der Waals surface area contributed by atoms with Gasteiger partial charge in [0.05, 0.1) is 10.6 Å². The maximum atomic E-state index is 13.5. The van der Waals surface area contributed by atoms with Crippen LogP contribution in [0.1, 0.15) is 0 Å². The van der Waals surface area contributed by atoms with Gasteiger partial charge in [-0.25, -0.2) is 4.39 Å². The quantitative estimate of drug-likeness (QED) is 0.464. The van der Waals surface area contributed by atoms with Gasteiger partial charge >= 0.3 is 5.97 Å². The molecule has 1 aliphatic heterocycles. The van der Waals surface area contributed by atoms with Crippen LogP contribution in [0.4, 0.5) is 20.6 Å². The molecule has 1 saturated heterocycles. The van der Waals surface area contributed by atoms with Gasteiger partial charge in [0, 0.05) is 24.4 Å². The Morgan fingerprint density at radius 1 is 1.46 bits per heavy atom. The van der Waals surface area contributed by atoms with E-state index in [0.717, 1.165) is 30.0 Å². The van der Waals surface area contributed by atoms with E-state index in [4.69, 9.17) is 4.74 Å². The van der Waals surface area contributed by atoms with E-state index >= 15 is 0 Å². The Labute approximate surface area is 139 Å². The van der Waals surface area contributed by atoms with Crippen LogP contribution in [-0.2, 0) is 14.3 Å². The highest BCUT2D eigenvalue weighted by atomic mass is 32.2. The van der Waals surface area contributed by atoms with E-state index in [-0.39, 0.29) is 11.8 Å². The number of nitrogens with zero attached hydrogens (tertiary/aromatic N) is 2. The third-order valence-electron chi connectivity index (χ3n) is 2.96. The second kappa shape index (κ2) is 7.73. The van der Waals surface area contributed by atoms with Gasteiger partial charge in [0.15, 0.2) is 6.61 Å². The topological polar surface area (TPSA) is 119 Å². The average molecular weight is 357 g/mol. The number of esters is 1. The fraction of sp³-hybridized carbons (Fsp3) is 0.308. The zero-order valence-corrected chi connectivity index (χ0v) is 13.0. The van der Waals surface area contributed by atoms with Crippen LogP contribution in [0.25, 0.3) is 0 Å². The normalized spacial score (nSPS) is 13.7. The maximum absolute atomic E-state index is 13.5. The Kier molecular flexibility index (Phi) is 5.68. The van der Waals surface area contributed by atoms with Gasteiger partial charge < -0.3 is 15.0 Å². The van der Waals surface area contributed by atoms with Crippen LogP contribution in [-0.4, -0.2) is 52.4 Å². The zero-order valence-electron chi connectivity index (χ0n) is 12.2. The van der Waals surface area contributed by atoms with Crippen molar-refractivity contribution >= 4 is 40.3 Å². The van der Waals surface area contributed by atoms with E-state index in [9.17, 15) is 28.9 Å². The summed E-state index contributed by atoms with van der Waals surface area (Å²) in [5.74, 6) is -1.91. The Bertz CT molecular complexity index is 698. The monoisotopic (exact) mass is 357 g/mol. The van der Waals surface area contributed by atoms with E-state index in [0.29, 0.717) is 12.3 Å². The molecule has 1 heterocycles. The number of halogens is 1. The van der Waals surface area contributed by atoms with Crippen molar-refractivity contribution in [1.82, 2.24) is 4.90 Å². The molecule has 11 heteroatoms. The fourth-order valence-electron chi connectivity index (χ4n) is 1.83. The summed E-state index contributed by atoms with van der Waals surface area (Å²) >= 11 is 1.08. The first-order valence-corrected chi connectivity index (χ1v) is 7.66. The number of amides is 2. The maximum Gasteiger partial charge on any atom is 0.326 e. The molecule has 128 valence electrons. The molecule has 0 unspecified atom stereocenters. The molecule has 0 aliphatic carbocycles. The van der Waals surface area contributed by atoms with Gasteiger partial charge in [-0.2, -0.15) is 0 Å². The highest BCUT2D eigenvalue weighted by Crippen LogP contribution is 2.21. The van der Waals surface area contributed by atoms with Crippen molar-refractivity contribution in [2.24, 2.45) is 0 Å². The Hall–Kier alpha value is -2.69. The van der Waals surface area contributed by atoms with Crippen LogP contribution in [0.3, 0.4) is 0 Å². The molecule has 2 rings (SSSR count). The van der Waals surface area contributed by atoms with Gasteiger partial charge in [-0.05, 0) is 6.07 Å². The molecule has 24 heavy (non-hydrogen) atoms. The molecular formula is C13H12FN3O6S. The predicted molar refractivity (Wildman–Crippen MR) is 82.1 cm³/mol. The molecule has 0 saturated carbocycles. The Morgan fingerprint density at radius 3 is 2.83 bits per heavy atom. The first-order valence-electron chi connectivity index (χ1n) is 6.68. The van der Waals surface area contributed by atoms with Gasteiger partial charge in [-0.1, -0.05) is 11.8 Å². The van der Waals surface area contributed by atoms with E-state index in [2.05, 4.69) is 5.32 Å². The van der Waals surface area contributed by atoms with Gasteiger partial charge in [0.25, 0.3) is 16.8 Å². The van der Waals surface area contributed by atoms with Crippen molar-refractivity contribution in [2.45, 2.75) is 0 Å². The Morgan fingerprint density at radius 2 is 2.21 bits per heavy atom. The number of thioether (sulfide) groups is 1. The highest BCUT2D eigenvalue weighted by molar-refractivity contribution is 8.13. The molecule has 0 spiro atoms. The summed E-state index contributed by atoms with van der Waals surface area (Å²) in [5.41, 5.74) is -0.787. The van der Waals surface area contributed by atoms with Gasteiger partial charge in [-0.3, -0.25) is 24.5 Å². The lowest BCUT2D eigenvalue weighted by molar-refractivity contribution is -0.384. The predicted octanol–water partition coefficient (Wildman–Crippen LogP) is 1.38. The van der Waals surface area contributed by atoms with Gasteiger partial charge in [0.1, 0.15) is 12.4 Å². The number of nitro groups is 1. The molecular weight excluding hydrogens is 345 g/mol. The first kappa shape index (κ1) is 17.7. The lowest BCUT2D eigenvalue weighted by atomic mass is 10.2. The van der Waals surface area contributed by atoms with Crippen LogP contribution in [0.2, 0.25) is 0 Å². The molecule has 1 aromatic carbocycles. The summed E-state index contributed by atoms with van der Waals surface area (Å²) in [7, 11) is 0. The molecule has 1 aromatic rings. The molecule has 1 fully saturated rings. The molecule has 0 radical (unpaired) electrons. The summed E-state index contributed by atoms with van der Waals surface area (Å²) in [6.07, 6.45) is 0. The Balaban J connectivity index is 1.85. The van der Waals surface area contributed by atoms with Crippen molar-refractivity contribution in [2.75, 3.05) is 30.8 Å². The SMILES string of the molecule is O=C(COC(=O)CN1CCSC1=O)Nc1cc([N+](=O)[O-])ccc1F. The van der Waals surface area contributed by atoms with Crippen LogP contribution in [0.5, 0.6) is 0 Å². The van der Waals surface area contributed by atoms with E-state index in [1.54, 1.807) is 0 Å². The van der Waals surface area contributed by atoms with Crippen LogP contribution in [0, 0.1) is 15.9 Å². The second-order valence-corrected chi connectivity index (χ2v) is 5.71. The molecule has 0 aromatic heterocycles. The third-order valence-corrected chi connectivity index (χ3v) is 3.86. The molecule has 0 bridgehead atoms. The first-order chi connectivity index (χ1) is 11.4. The number of rotatable bonds is 6. The number of benzene rings is 1. The molecule has 9 nitrogen and oxygen atoms in total. The third kappa shape index (κ3) is 4.65. The van der Waals surface area contributed by atoms with E-state index in [1.165, 1.54) is 4.90 Å². The van der Waals surface area contributed by atoms with Crippen molar-refractivity contribution in [3.8, 4) is 0 Å². The molecule has 0 atom stereocenters. The zero-order chi connectivity index (χ0) is 17.7. The highest BCUT2D eigenvalue weighted by Gasteiger charge is 2.24. The summed E-state index contributed by atoms with van der Waals surface area (Å²) in [5, 5.41) is 12.5. The summed E-state index contributed by atoms with van der Waals surface area (Å²) < 4.78 is 18.2. The minimum atomic E-state index is -0.861. The smallest absolute Gasteiger partial charge is 0.326 e. The molecule has 1 aliphatic rings. The van der Waals surface area contributed by atoms with Crippen molar-refractivity contribution in [3.63, 3.8) is 0 Å². The minimum Gasteiger partial charge on any atom is -0.454 e. The number of ether oxygens (including phenoxy) is 1. The summed E-state index contributed by atoms with van der Waals surface area (Å²) in [6.45, 7) is -0.551. The number of nitro benzene ring substituents is 1. The minimum absolute atomic E-state index is 0.241. The lowest BCUT2D eigenvalue weighted by Gasteiger charge is -2.13. The number of anilines is 1. The fourth-order valence-corrected chi connectivity index (χ4v) is 2.65. The van der Waals surface area contributed by atoms with Crippen LogP contribution in [0.15, 0.2) is 18.2 Å². The van der Waals surface area contributed by atoms with Crippen molar-refractivity contribution in [1.29, 1.82) is 0 Å². The number of hydrogen-bond acceptors (Lipinski definition) is 7. The largest absolute Gasteiger partial charge is 0.454 e. The lowest BCUT2D eigenvalue weighted by Crippen LogP contribution is -2.32. The van der Waals surface area contributed by atoms with E-state index in [1.807, 2.05) is 0 Å². The van der Waals surface area contributed by atoms with Gasteiger partial charge in [-0.15, -0.1) is 0 Å². The number of carbonyl (C=O) groups is 3. The summed E-state index contributed by atoms with van der Waals surface area (Å²) in [4.78, 5) is 45.7. The number of hydrogen-bond donors (Lipinski definition) is 1. The number of carbonyl (C=O) groups excluding carboxylic acids is 3. The molecule has 1 N–H and O–H groups in total. The average Bonchev–Trinajstić information content (AvgIpc) is 2.92. The van der Waals surface area contributed by atoms with Crippen LogP contribution < -0.4 is 5.32 Å². The van der Waals surface area contributed by atoms with Crippen LogP contribution >= 0.6 is 11.8 Å². The number of nitrogens with one attached hydrogen (secondary N) is 1. The standard InChI is InChI=1S/C13H12FN3O6S/c14-9-2-1-8(17(21)22)5-10(9)15-11(18)7-23-12(19)6-16-3-4-24-13(16)20/h1-2,5H,3-4,6-7H2,(H,15,18). The van der Waals surface area contributed by atoms with Crippen molar-refractivity contribution < 1.29 is 28.4 Å². The summed E-state index contributed by atoms with van der Waals surface area (Å²) in [6, 6.07) is 2.65. The number of non-ortho nitro benzene ring substituents is 1. The molecule has 2 amide bonds. The van der Waals surface area contributed by atoms with E-state index < -0.39 is 40.6 Å². The van der Waals surface area contributed by atoms with Gasteiger partial charge in [0.2, 0.25) is 0 Å². The second-order valence-electron chi connectivity index (χ2n) is 4.67. The van der Waals surface area contributed by atoms with Crippen molar-refractivity contribution in [3.05, 3.63) is 34.1 Å².